The molecule has 62 valence electrons. The first-order chi connectivity index (χ1) is 5.04. The minimum absolute atomic E-state index is 0.0601. The molecule has 0 bridgehead atoms. The SMILES string of the molecule is CC(=O)[C@H]1C[C@@H]1C(=O)C(C)C. The summed E-state index contributed by atoms with van der Waals surface area (Å²) in [7, 11) is 0. The topological polar surface area (TPSA) is 34.1 Å². The maximum atomic E-state index is 11.3. The van der Waals surface area contributed by atoms with Crippen molar-refractivity contribution >= 4 is 11.6 Å². The average Bonchev–Trinajstić information content (AvgIpc) is 2.63. The molecule has 1 aliphatic carbocycles. The molecular weight excluding hydrogens is 140 g/mol. The van der Waals surface area contributed by atoms with Crippen LogP contribution in [0.25, 0.3) is 0 Å². The quantitative estimate of drug-likeness (QED) is 0.616. The zero-order valence-corrected chi connectivity index (χ0v) is 7.26. The first-order valence-corrected chi connectivity index (χ1v) is 4.08. The fourth-order valence-electron chi connectivity index (χ4n) is 1.39. The molecule has 1 fully saturated rings. The van der Waals surface area contributed by atoms with Crippen molar-refractivity contribution in [3.8, 4) is 0 Å². The van der Waals surface area contributed by atoms with Crippen LogP contribution in [-0.4, -0.2) is 11.6 Å². The van der Waals surface area contributed by atoms with Crippen LogP contribution in [0.1, 0.15) is 27.2 Å². The molecule has 0 spiro atoms. The second kappa shape index (κ2) is 2.76. The summed E-state index contributed by atoms with van der Waals surface area (Å²) in [6.07, 6.45) is 0.798. The van der Waals surface area contributed by atoms with Gasteiger partial charge in [-0.3, -0.25) is 9.59 Å². The molecule has 0 unspecified atom stereocenters. The van der Waals surface area contributed by atoms with Crippen LogP contribution in [0.4, 0.5) is 0 Å². The molecule has 2 nitrogen and oxygen atoms in total. The number of Topliss-reactive ketones (excluding diaryl/α,β-unsaturated/α-hetero) is 2. The summed E-state index contributed by atoms with van der Waals surface area (Å²) in [5, 5.41) is 0. The molecule has 1 aliphatic rings. The predicted octanol–water partition coefficient (Wildman–Crippen LogP) is 1.44. The van der Waals surface area contributed by atoms with E-state index >= 15 is 0 Å². The summed E-state index contributed by atoms with van der Waals surface area (Å²) in [5.74, 6) is 0.635. The van der Waals surface area contributed by atoms with Crippen molar-refractivity contribution in [1.29, 1.82) is 0 Å². The Hall–Kier alpha value is -0.660. The van der Waals surface area contributed by atoms with Gasteiger partial charge in [-0.15, -0.1) is 0 Å². The van der Waals surface area contributed by atoms with Crippen molar-refractivity contribution in [2.24, 2.45) is 17.8 Å². The molecule has 0 aromatic carbocycles. The van der Waals surface area contributed by atoms with Gasteiger partial charge in [0, 0.05) is 17.8 Å². The number of hydrogen-bond acceptors (Lipinski definition) is 2. The molecule has 11 heavy (non-hydrogen) atoms. The van der Waals surface area contributed by atoms with Crippen molar-refractivity contribution in [1.82, 2.24) is 0 Å². The third kappa shape index (κ3) is 1.67. The standard InChI is InChI=1S/C9H14O2/c1-5(2)9(11)8-4-7(8)6(3)10/h5,7-8H,4H2,1-3H3/t7-,8+/m1/s1. The number of carbonyl (C=O) groups is 2. The molecular formula is C9H14O2. The van der Waals surface area contributed by atoms with E-state index in [0.29, 0.717) is 0 Å². The molecule has 0 radical (unpaired) electrons. The smallest absolute Gasteiger partial charge is 0.139 e. The van der Waals surface area contributed by atoms with Crippen LogP contribution in [0, 0.1) is 17.8 Å². The van der Waals surface area contributed by atoms with Gasteiger partial charge in [0.15, 0.2) is 0 Å². The number of hydrogen-bond donors (Lipinski definition) is 0. The average molecular weight is 154 g/mol. The summed E-state index contributed by atoms with van der Waals surface area (Å²) < 4.78 is 0. The Kier molecular flexibility index (Phi) is 2.12. The van der Waals surface area contributed by atoms with Crippen molar-refractivity contribution in [2.45, 2.75) is 27.2 Å². The maximum absolute atomic E-state index is 11.3. The van der Waals surface area contributed by atoms with Crippen LogP contribution in [-0.2, 0) is 9.59 Å². The second-order valence-electron chi connectivity index (χ2n) is 3.62. The van der Waals surface area contributed by atoms with E-state index in [-0.39, 0.29) is 29.3 Å². The van der Waals surface area contributed by atoms with Crippen LogP contribution in [0.2, 0.25) is 0 Å². The third-order valence-electron chi connectivity index (χ3n) is 2.25. The van der Waals surface area contributed by atoms with E-state index in [2.05, 4.69) is 0 Å². The van der Waals surface area contributed by atoms with E-state index in [4.69, 9.17) is 0 Å². The Balaban J connectivity index is 2.44. The molecule has 0 heterocycles. The fraction of sp³-hybridized carbons (Fsp3) is 0.778. The van der Waals surface area contributed by atoms with Crippen molar-refractivity contribution in [2.75, 3.05) is 0 Å². The molecule has 1 rings (SSSR count). The Labute approximate surface area is 67.0 Å². The lowest BCUT2D eigenvalue weighted by Crippen LogP contribution is -2.12. The molecule has 2 heteroatoms. The summed E-state index contributed by atoms with van der Waals surface area (Å²) in [6.45, 7) is 5.34. The molecule has 0 saturated heterocycles. The minimum Gasteiger partial charge on any atom is -0.300 e. The van der Waals surface area contributed by atoms with E-state index in [1.54, 1.807) is 6.92 Å². The number of carbonyl (C=O) groups excluding carboxylic acids is 2. The predicted molar refractivity (Wildman–Crippen MR) is 42.1 cm³/mol. The Bertz CT molecular complexity index is 194. The molecule has 0 aromatic rings. The fourth-order valence-corrected chi connectivity index (χ4v) is 1.39. The van der Waals surface area contributed by atoms with Crippen molar-refractivity contribution < 1.29 is 9.59 Å². The van der Waals surface area contributed by atoms with Gasteiger partial charge in [-0.05, 0) is 13.3 Å². The lowest BCUT2D eigenvalue weighted by atomic mass is 10.0. The summed E-state index contributed by atoms with van der Waals surface area (Å²) >= 11 is 0. The van der Waals surface area contributed by atoms with Gasteiger partial charge in [0.1, 0.15) is 11.6 Å². The Morgan fingerprint density at radius 2 is 1.82 bits per heavy atom. The van der Waals surface area contributed by atoms with Crippen LogP contribution < -0.4 is 0 Å². The highest BCUT2D eigenvalue weighted by molar-refractivity contribution is 5.94. The van der Waals surface area contributed by atoms with E-state index in [1.165, 1.54) is 0 Å². The minimum atomic E-state index is 0.0601. The summed E-state index contributed by atoms with van der Waals surface area (Å²) in [6, 6.07) is 0. The first kappa shape index (κ1) is 8.44. The van der Waals surface area contributed by atoms with Gasteiger partial charge >= 0.3 is 0 Å². The van der Waals surface area contributed by atoms with E-state index < -0.39 is 0 Å². The van der Waals surface area contributed by atoms with Gasteiger partial charge < -0.3 is 0 Å². The van der Waals surface area contributed by atoms with Crippen LogP contribution in [0.3, 0.4) is 0 Å². The highest BCUT2D eigenvalue weighted by Gasteiger charge is 2.46. The normalized spacial score (nSPS) is 28.7. The Morgan fingerprint density at radius 3 is 2.09 bits per heavy atom. The van der Waals surface area contributed by atoms with Crippen LogP contribution in [0.5, 0.6) is 0 Å². The van der Waals surface area contributed by atoms with E-state index in [0.717, 1.165) is 6.42 Å². The highest BCUT2D eigenvalue weighted by atomic mass is 16.1. The van der Waals surface area contributed by atoms with Gasteiger partial charge in [-0.1, -0.05) is 13.8 Å². The summed E-state index contributed by atoms with van der Waals surface area (Å²) in [5.41, 5.74) is 0. The Morgan fingerprint density at radius 1 is 1.27 bits per heavy atom. The van der Waals surface area contributed by atoms with Crippen molar-refractivity contribution in [3.05, 3.63) is 0 Å². The largest absolute Gasteiger partial charge is 0.300 e. The zero-order valence-electron chi connectivity index (χ0n) is 7.26. The monoisotopic (exact) mass is 154 g/mol. The maximum Gasteiger partial charge on any atom is 0.139 e. The van der Waals surface area contributed by atoms with Crippen LogP contribution in [0.15, 0.2) is 0 Å². The molecule has 1 saturated carbocycles. The van der Waals surface area contributed by atoms with Crippen LogP contribution >= 0.6 is 0 Å². The lowest BCUT2D eigenvalue weighted by Gasteiger charge is -2.00. The first-order valence-electron chi connectivity index (χ1n) is 4.08. The summed E-state index contributed by atoms with van der Waals surface area (Å²) in [4.78, 5) is 22.1. The van der Waals surface area contributed by atoms with Gasteiger partial charge in [-0.25, -0.2) is 0 Å². The van der Waals surface area contributed by atoms with Gasteiger partial charge in [0.2, 0.25) is 0 Å². The van der Waals surface area contributed by atoms with Gasteiger partial charge in [-0.2, -0.15) is 0 Å². The third-order valence-corrected chi connectivity index (χ3v) is 2.25. The zero-order chi connectivity index (χ0) is 8.59. The number of ketones is 2. The lowest BCUT2D eigenvalue weighted by molar-refractivity contribution is -0.126. The second-order valence-corrected chi connectivity index (χ2v) is 3.62. The molecule has 0 aliphatic heterocycles. The van der Waals surface area contributed by atoms with Gasteiger partial charge in [0.05, 0.1) is 0 Å². The molecule has 2 atom stereocenters. The number of rotatable bonds is 3. The molecule has 0 amide bonds. The van der Waals surface area contributed by atoms with Gasteiger partial charge in [0.25, 0.3) is 0 Å². The van der Waals surface area contributed by atoms with Crippen molar-refractivity contribution in [3.63, 3.8) is 0 Å². The molecule has 0 N–H and O–H groups in total. The molecule has 0 aromatic heterocycles. The van der Waals surface area contributed by atoms with E-state index in [1.807, 2.05) is 13.8 Å². The van der Waals surface area contributed by atoms with E-state index in [9.17, 15) is 9.59 Å². The highest BCUT2D eigenvalue weighted by Crippen LogP contribution is 2.41.